The van der Waals surface area contributed by atoms with Gasteiger partial charge in [0.2, 0.25) is 0 Å². The van der Waals surface area contributed by atoms with Gasteiger partial charge in [0.1, 0.15) is 17.3 Å². The molecular weight excluding hydrogens is 552 g/mol. The van der Waals surface area contributed by atoms with Crippen molar-refractivity contribution in [1.29, 1.82) is 0 Å². The van der Waals surface area contributed by atoms with Crippen molar-refractivity contribution < 1.29 is 4.74 Å². The van der Waals surface area contributed by atoms with Gasteiger partial charge in [-0.25, -0.2) is 4.98 Å². The van der Waals surface area contributed by atoms with E-state index in [0.717, 1.165) is 47.1 Å². The van der Waals surface area contributed by atoms with Gasteiger partial charge in [-0.2, -0.15) is 0 Å². The minimum absolute atomic E-state index is 0.0232. The van der Waals surface area contributed by atoms with Crippen molar-refractivity contribution >= 4 is 33.2 Å². The van der Waals surface area contributed by atoms with Crippen molar-refractivity contribution in [3.63, 3.8) is 0 Å². The molecular formula is C40H40N4O. The molecule has 7 rings (SSSR count). The molecule has 2 aromatic heterocycles. The third-order valence-corrected chi connectivity index (χ3v) is 8.51. The van der Waals surface area contributed by atoms with Crippen molar-refractivity contribution in [2.45, 2.75) is 46.5 Å². The van der Waals surface area contributed by atoms with Gasteiger partial charge in [0, 0.05) is 52.9 Å². The van der Waals surface area contributed by atoms with Crippen LogP contribution in [-0.2, 0) is 11.8 Å². The highest BCUT2D eigenvalue weighted by Crippen LogP contribution is 2.36. The summed E-state index contributed by atoms with van der Waals surface area (Å²) in [6.45, 7) is 12.0. The number of benzene rings is 4. The van der Waals surface area contributed by atoms with Crippen LogP contribution in [0.4, 0.5) is 11.4 Å². The highest BCUT2D eigenvalue weighted by atomic mass is 16.5. The average molecular weight is 593 g/mol. The lowest BCUT2D eigenvalue weighted by molar-refractivity contribution is 0.483. The molecule has 0 fully saturated rings. The summed E-state index contributed by atoms with van der Waals surface area (Å²) in [4.78, 5) is 9.32. The molecule has 0 aliphatic carbocycles. The lowest BCUT2D eigenvalue weighted by Gasteiger charge is -2.22. The second kappa shape index (κ2) is 11.5. The first kappa shape index (κ1) is 28.7. The van der Waals surface area contributed by atoms with Crippen LogP contribution in [0.2, 0.25) is 0 Å². The van der Waals surface area contributed by atoms with Gasteiger partial charge in [0.25, 0.3) is 0 Å². The summed E-state index contributed by atoms with van der Waals surface area (Å²) in [7, 11) is 0. The Morgan fingerprint density at radius 3 is 2.22 bits per heavy atom. The van der Waals surface area contributed by atoms with Gasteiger partial charge in [-0.3, -0.25) is 4.57 Å². The van der Waals surface area contributed by atoms with Gasteiger partial charge in [-0.05, 0) is 83.5 Å². The third-order valence-electron chi connectivity index (χ3n) is 8.51. The predicted octanol–water partition coefficient (Wildman–Crippen LogP) is 10.2. The summed E-state index contributed by atoms with van der Waals surface area (Å²) in [6.07, 6.45) is 7.29. The zero-order chi connectivity index (χ0) is 31.1. The molecule has 0 spiro atoms. The van der Waals surface area contributed by atoms with E-state index in [2.05, 4.69) is 158 Å². The summed E-state index contributed by atoms with van der Waals surface area (Å²) in [5.41, 5.74) is 7.13. The second-order valence-corrected chi connectivity index (χ2v) is 13.4. The summed E-state index contributed by atoms with van der Waals surface area (Å²) in [5.74, 6) is 3.15. The summed E-state index contributed by atoms with van der Waals surface area (Å²) >= 11 is 0. The second-order valence-electron chi connectivity index (χ2n) is 13.4. The number of pyridine rings is 1. The quantitative estimate of drug-likeness (QED) is 0.185. The van der Waals surface area contributed by atoms with Gasteiger partial charge >= 0.3 is 0 Å². The number of aromatic nitrogens is 2. The SMILES string of the molecule is CC(C)Cc1ccc(N2C=CN(c3cccc(Oc4ccc5c6ccccc6n(-c6cc(C(C)(C)C)ccn6)c5c4)c3)C2)cc1. The van der Waals surface area contributed by atoms with E-state index in [9.17, 15) is 0 Å². The molecule has 6 aromatic rings. The number of nitrogens with zero attached hydrogens (tertiary/aromatic N) is 4. The summed E-state index contributed by atoms with van der Waals surface area (Å²) in [5, 5.41) is 2.37. The number of ether oxygens (including phenoxy) is 1. The van der Waals surface area contributed by atoms with Gasteiger partial charge in [-0.1, -0.05) is 71.0 Å². The van der Waals surface area contributed by atoms with Gasteiger partial charge in [0.15, 0.2) is 0 Å². The fourth-order valence-corrected chi connectivity index (χ4v) is 6.18. The molecule has 0 N–H and O–H groups in total. The zero-order valence-corrected chi connectivity index (χ0v) is 26.7. The molecule has 45 heavy (non-hydrogen) atoms. The Kier molecular flexibility index (Phi) is 7.33. The fraction of sp³-hybridized carbons (Fsp3) is 0.225. The Bertz CT molecular complexity index is 2010. The van der Waals surface area contributed by atoms with Crippen molar-refractivity contribution in [1.82, 2.24) is 9.55 Å². The third kappa shape index (κ3) is 5.78. The van der Waals surface area contributed by atoms with E-state index in [4.69, 9.17) is 9.72 Å². The highest BCUT2D eigenvalue weighted by Gasteiger charge is 2.19. The first-order valence-electron chi connectivity index (χ1n) is 15.8. The number of para-hydroxylation sites is 1. The van der Waals surface area contributed by atoms with E-state index in [-0.39, 0.29) is 5.41 Å². The van der Waals surface area contributed by atoms with E-state index in [1.54, 1.807) is 0 Å². The number of rotatable bonds is 7. The maximum Gasteiger partial charge on any atom is 0.137 e. The van der Waals surface area contributed by atoms with Crippen molar-refractivity contribution in [2.24, 2.45) is 5.92 Å². The Labute approximate surface area is 266 Å². The largest absolute Gasteiger partial charge is 0.457 e. The number of anilines is 2. The van der Waals surface area contributed by atoms with Crippen LogP contribution in [0, 0.1) is 5.92 Å². The molecule has 1 aliphatic heterocycles. The van der Waals surface area contributed by atoms with Crippen LogP contribution < -0.4 is 14.5 Å². The lowest BCUT2D eigenvalue weighted by atomic mass is 9.88. The topological polar surface area (TPSA) is 33.5 Å². The molecule has 4 aromatic carbocycles. The van der Waals surface area contributed by atoms with Gasteiger partial charge in [-0.15, -0.1) is 0 Å². The Morgan fingerprint density at radius 2 is 1.44 bits per heavy atom. The molecule has 5 heteroatoms. The molecule has 0 bridgehead atoms. The van der Waals surface area contributed by atoms with E-state index in [1.807, 2.05) is 12.3 Å². The lowest BCUT2D eigenvalue weighted by Crippen LogP contribution is -2.24. The van der Waals surface area contributed by atoms with E-state index < -0.39 is 0 Å². The first-order valence-corrected chi connectivity index (χ1v) is 15.8. The molecule has 0 saturated heterocycles. The average Bonchev–Trinajstić information content (AvgIpc) is 3.64. The van der Waals surface area contributed by atoms with Crippen LogP contribution >= 0.6 is 0 Å². The molecule has 0 radical (unpaired) electrons. The van der Waals surface area contributed by atoms with Crippen LogP contribution in [0.3, 0.4) is 0 Å². The Hall–Kier alpha value is -5.03. The van der Waals surface area contributed by atoms with E-state index in [1.165, 1.54) is 27.6 Å². The van der Waals surface area contributed by atoms with Crippen LogP contribution in [0.25, 0.3) is 27.6 Å². The van der Waals surface area contributed by atoms with Gasteiger partial charge in [0.05, 0.1) is 17.7 Å². The Balaban J connectivity index is 1.16. The minimum atomic E-state index is 0.0232. The Morgan fingerprint density at radius 1 is 0.711 bits per heavy atom. The molecule has 226 valence electrons. The summed E-state index contributed by atoms with van der Waals surface area (Å²) < 4.78 is 8.76. The normalized spacial score (nSPS) is 13.5. The van der Waals surface area contributed by atoms with Crippen LogP contribution in [0.1, 0.15) is 45.7 Å². The predicted molar refractivity (Wildman–Crippen MR) is 188 cm³/mol. The molecule has 0 amide bonds. The molecule has 1 aliphatic rings. The summed E-state index contributed by atoms with van der Waals surface area (Å²) in [6, 6.07) is 36.4. The minimum Gasteiger partial charge on any atom is -0.457 e. The maximum atomic E-state index is 6.51. The van der Waals surface area contributed by atoms with E-state index >= 15 is 0 Å². The van der Waals surface area contributed by atoms with Crippen molar-refractivity contribution in [2.75, 3.05) is 16.5 Å². The van der Waals surface area contributed by atoms with Gasteiger partial charge < -0.3 is 14.5 Å². The zero-order valence-electron chi connectivity index (χ0n) is 26.7. The van der Waals surface area contributed by atoms with E-state index in [0.29, 0.717) is 5.92 Å². The van der Waals surface area contributed by atoms with Crippen LogP contribution in [0.5, 0.6) is 11.5 Å². The smallest absolute Gasteiger partial charge is 0.137 e. The maximum absolute atomic E-state index is 6.51. The number of hydrogen-bond acceptors (Lipinski definition) is 4. The molecule has 0 atom stereocenters. The molecule has 0 unspecified atom stereocenters. The number of hydrogen-bond donors (Lipinski definition) is 0. The molecule has 5 nitrogen and oxygen atoms in total. The van der Waals surface area contributed by atoms with Crippen molar-refractivity contribution in [3.05, 3.63) is 133 Å². The standard InChI is InChI=1S/C40H40N4O/c1-28(2)23-29-13-15-31(16-14-29)42-21-22-43(27-42)32-9-8-10-33(25-32)45-34-17-18-36-35-11-6-7-12-37(35)44(38(36)26-34)39-24-30(19-20-41-39)40(3,4)5/h6-22,24-26,28H,23,27H2,1-5H3. The molecule has 0 saturated carbocycles. The van der Waals surface area contributed by atoms with Crippen LogP contribution in [-0.4, -0.2) is 16.2 Å². The van der Waals surface area contributed by atoms with Crippen LogP contribution in [0.15, 0.2) is 122 Å². The number of fused-ring (bicyclic) bond motifs is 3. The fourth-order valence-electron chi connectivity index (χ4n) is 6.18. The highest BCUT2D eigenvalue weighted by molar-refractivity contribution is 6.09. The monoisotopic (exact) mass is 592 g/mol. The molecule has 3 heterocycles. The first-order chi connectivity index (χ1) is 21.7. The van der Waals surface area contributed by atoms with Crippen molar-refractivity contribution in [3.8, 4) is 17.3 Å².